The first-order valence-electron chi connectivity index (χ1n) is 5.26. The van der Waals surface area contributed by atoms with Gasteiger partial charge >= 0.3 is 0 Å². The first kappa shape index (κ1) is 13.9. The van der Waals surface area contributed by atoms with Crippen LogP contribution in [-0.2, 0) is 16.6 Å². The normalized spacial score (nSPS) is 12.0. The van der Waals surface area contributed by atoms with E-state index in [4.69, 9.17) is 0 Å². The molecular formula is C10H17N3O3S. The fourth-order valence-electron chi connectivity index (χ4n) is 1.40. The van der Waals surface area contributed by atoms with Crippen molar-refractivity contribution in [1.29, 1.82) is 0 Å². The molecule has 6 nitrogen and oxygen atoms in total. The predicted molar refractivity (Wildman–Crippen MR) is 65.3 cm³/mol. The number of aryl methyl sites for hydroxylation is 1. The minimum atomic E-state index is -3.19. The highest BCUT2D eigenvalue weighted by molar-refractivity contribution is 7.89. The fraction of sp³-hybridized carbons (Fsp3) is 0.600. The molecule has 0 spiro atoms. The van der Waals surface area contributed by atoms with E-state index in [0.29, 0.717) is 13.0 Å². The van der Waals surface area contributed by atoms with Gasteiger partial charge in [-0.15, -0.1) is 0 Å². The summed E-state index contributed by atoms with van der Waals surface area (Å²) < 4.78 is 25.7. The monoisotopic (exact) mass is 259 g/mol. The van der Waals surface area contributed by atoms with E-state index in [9.17, 15) is 13.2 Å². The zero-order valence-electron chi connectivity index (χ0n) is 10.3. The van der Waals surface area contributed by atoms with Gasteiger partial charge in [0.1, 0.15) is 0 Å². The molecule has 1 aromatic rings. The summed E-state index contributed by atoms with van der Waals surface area (Å²) in [6, 6.07) is 0. The Hall–Kier alpha value is -1.21. The van der Waals surface area contributed by atoms with Crippen LogP contribution in [0.4, 0.5) is 0 Å². The molecule has 0 aromatic carbocycles. The lowest BCUT2D eigenvalue weighted by Gasteiger charge is -2.12. The van der Waals surface area contributed by atoms with E-state index in [2.05, 4.69) is 4.98 Å². The molecule has 0 amide bonds. The lowest BCUT2D eigenvalue weighted by atomic mass is 10.4. The van der Waals surface area contributed by atoms with E-state index in [-0.39, 0.29) is 11.3 Å². The zero-order valence-corrected chi connectivity index (χ0v) is 11.1. The summed E-state index contributed by atoms with van der Waals surface area (Å²) in [5.74, 6) is 0.0359. The summed E-state index contributed by atoms with van der Waals surface area (Å²) in [6.45, 7) is 2.16. The Balaban J connectivity index is 2.67. The molecule has 0 saturated carbocycles. The van der Waals surface area contributed by atoms with E-state index in [1.807, 2.05) is 0 Å². The van der Waals surface area contributed by atoms with Crippen molar-refractivity contribution >= 4 is 10.0 Å². The van der Waals surface area contributed by atoms with Crippen molar-refractivity contribution in [3.8, 4) is 0 Å². The maximum absolute atomic E-state index is 11.5. The van der Waals surface area contributed by atoms with Gasteiger partial charge in [0.15, 0.2) is 0 Å². The van der Waals surface area contributed by atoms with Gasteiger partial charge in [0, 0.05) is 32.5 Å². The Morgan fingerprint density at radius 3 is 2.53 bits per heavy atom. The minimum absolute atomic E-state index is 0.0359. The molecular weight excluding hydrogens is 242 g/mol. The Morgan fingerprint density at radius 1 is 1.35 bits per heavy atom. The largest absolute Gasteiger partial charge is 0.310 e. The fourth-order valence-corrected chi connectivity index (χ4v) is 2.26. The van der Waals surface area contributed by atoms with Crippen LogP contribution in [0.3, 0.4) is 0 Å². The van der Waals surface area contributed by atoms with Crippen molar-refractivity contribution in [2.45, 2.75) is 19.9 Å². The average molecular weight is 259 g/mol. The molecule has 0 saturated heterocycles. The third-order valence-corrected chi connectivity index (χ3v) is 4.40. The van der Waals surface area contributed by atoms with E-state index in [1.54, 1.807) is 13.1 Å². The standard InChI is InChI=1S/C10H17N3O3S/c1-9-7-11-8-10(14)13(9)5-4-6-17(15,16)12(2)3/h7-8H,4-6H2,1-3H3. The molecule has 0 atom stereocenters. The Kier molecular flexibility index (Phi) is 4.41. The summed E-state index contributed by atoms with van der Waals surface area (Å²) in [4.78, 5) is 15.2. The van der Waals surface area contributed by atoms with Crippen LogP contribution in [0.1, 0.15) is 12.1 Å². The van der Waals surface area contributed by atoms with Crippen LogP contribution in [0.25, 0.3) is 0 Å². The second-order valence-corrected chi connectivity index (χ2v) is 6.29. The lowest BCUT2D eigenvalue weighted by molar-refractivity contribution is 0.513. The van der Waals surface area contributed by atoms with E-state index in [0.717, 1.165) is 5.69 Å². The molecule has 0 aliphatic heterocycles. The summed E-state index contributed by atoms with van der Waals surface area (Å²) in [5.41, 5.74) is 0.534. The maximum atomic E-state index is 11.5. The van der Waals surface area contributed by atoms with Crippen LogP contribution in [0.15, 0.2) is 17.2 Å². The number of hydrogen-bond acceptors (Lipinski definition) is 4. The number of nitrogens with zero attached hydrogens (tertiary/aromatic N) is 3. The highest BCUT2D eigenvalue weighted by atomic mass is 32.2. The van der Waals surface area contributed by atoms with Crippen LogP contribution in [0.5, 0.6) is 0 Å². The Morgan fingerprint density at radius 2 is 2.00 bits per heavy atom. The van der Waals surface area contributed by atoms with Crippen molar-refractivity contribution in [3.63, 3.8) is 0 Å². The first-order valence-corrected chi connectivity index (χ1v) is 6.87. The van der Waals surface area contributed by atoms with Gasteiger partial charge in [-0.25, -0.2) is 12.7 Å². The highest BCUT2D eigenvalue weighted by Gasteiger charge is 2.13. The van der Waals surface area contributed by atoms with Gasteiger partial charge in [-0.2, -0.15) is 0 Å². The zero-order chi connectivity index (χ0) is 13.1. The van der Waals surface area contributed by atoms with Gasteiger partial charge in [-0.05, 0) is 13.3 Å². The second kappa shape index (κ2) is 5.42. The van der Waals surface area contributed by atoms with Crippen molar-refractivity contribution in [1.82, 2.24) is 13.9 Å². The average Bonchev–Trinajstić information content (AvgIpc) is 2.22. The third kappa shape index (κ3) is 3.64. The summed E-state index contributed by atoms with van der Waals surface area (Å²) in [7, 11) is -0.193. The quantitative estimate of drug-likeness (QED) is 0.736. The van der Waals surface area contributed by atoms with Crippen molar-refractivity contribution in [3.05, 3.63) is 28.4 Å². The van der Waals surface area contributed by atoms with Crippen LogP contribution >= 0.6 is 0 Å². The molecule has 17 heavy (non-hydrogen) atoms. The SMILES string of the molecule is Cc1cncc(=O)n1CCCS(=O)(=O)N(C)C. The van der Waals surface area contributed by atoms with Gasteiger partial charge < -0.3 is 4.57 Å². The van der Waals surface area contributed by atoms with Crippen molar-refractivity contribution < 1.29 is 8.42 Å². The minimum Gasteiger partial charge on any atom is -0.310 e. The molecule has 1 rings (SSSR count). The molecule has 96 valence electrons. The molecule has 7 heteroatoms. The first-order chi connectivity index (χ1) is 7.84. The third-order valence-electron chi connectivity index (χ3n) is 2.48. The molecule has 0 unspecified atom stereocenters. The molecule has 0 aliphatic carbocycles. The van der Waals surface area contributed by atoms with Crippen LogP contribution < -0.4 is 5.56 Å². The van der Waals surface area contributed by atoms with E-state index >= 15 is 0 Å². The molecule has 0 aliphatic rings. The van der Waals surface area contributed by atoms with Gasteiger partial charge in [0.05, 0.1) is 11.9 Å². The van der Waals surface area contributed by atoms with E-state index in [1.165, 1.54) is 29.2 Å². The number of hydrogen-bond donors (Lipinski definition) is 0. The summed E-state index contributed by atoms with van der Waals surface area (Å²) >= 11 is 0. The van der Waals surface area contributed by atoms with Crippen LogP contribution in [0, 0.1) is 6.92 Å². The van der Waals surface area contributed by atoms with Gasteiger partial charge in [0.2, 0.25) is 10.0 Å². The second-order valence-electron chi connectivity index (χ2n) is 3.99. The maximum Gasteiger partial charge on any atom is 0.269 e. The lowest BCUT2D eigenvalue weighted by Crippen LogP contribution is -2.27. The summed E-state index contributed by atoms with van der Waals surface area (Å²) in [5, 5.41) is 0. The smallest absolute Gasteiger partial charge is 0.269 e. The molecule has 0 bridgehead atoms. The topological polar surface area (TPSA) is 72.3 Å². The predicted octanol–water partition coefficient (Wildman–Crippen LogP) is -0.167. The Labute approximate surface area is 101 Å². The molecule has 1 aromatic heterocycles. The van der Waals surface area contributed by atoms with Gasteiger partial charge in [-0.3, -0.25) is 9.78 Å². The van der Waals surface area contributed by atoms with Crippen molar-refractivity contribution in [2.75, 3.05) is 19.8 Å². The molecule has 0 fully saturated rings. The number of rotatable bonds is 5. The van der Waals surface area contributed by atoms with Crippen LogP contribution in [0.2, 0.25) is 0 Å². The molecule has 0 radical (unpaired) electrons. The van der Waals surface area contributed by atoms with E-state index < -0.39 is 10.0 Å². The van der Waals surface area contributed by atoms with Gasteiger partial charge in [0.25, 0.3) is 5.56 Å². The number of sulfonamides is 1. The van der Waals surface area contributed by atoms with Crippen molar-refractivity contribution in [2.24, 2.45) is 0 Å². The molecule has 0 N–H and O–H groups in total. The van der Waals surface area contributed by atoms with Gasteiger partial charge in [-0.1, -0.05) is 0 Å². The number of aromatic nitrogens is 2. The van der Waals surface area contributed by atoms with Crippen LogP contribution in [-0.4, -0.2) is 42.1 Å². The molecule has 1 heterocycles. The summed E-state index contributed by atoms with van der Waals surface area (Å²) in [6.07, 6.45) is 3.22. The highest BCUT2D eigenvalue weighted by Crippen LogP contribution is 2.00. The Bertz CT molecular complexity index is 534.